The summed E-state index contributed by atoms with van der Waals surface area (Å²) in [5.41, 5.74) is 13.7. The molecule has 17 heavy (non-hydrogen) atoms. The first kappa shape index (κ1) is 14.3. The molecule has 6 nitrogen and oxygen atoms in total. The lowest BCUT2D eigenvalue weighted by Crippen LogP contribution is -2.36. The second kappa shape index (κ2) is 9.24. The third kappa shape index (κ3) is 6.48. The van der Waals surface area contributed by atoms with E-state index in [9.17, 15) is 0 Å². The van der Waals surface area contributed by atoms with E-state index in [1.807, 2.05) is 0 Å². The second-order valence-corrected chi connectivity index (χ2v) is 4.39. The third-order valence-electron chi connectivity index (χ3n) is 3.03. The number of azide groups is 1. The van der Waals surface area contributed by atoms with Gasteiger partial charge in [0.15, 0.2) is 0 Å². The molecule has 0 aliphatic carbocycles. The minimum atomic E-state index is 0.206. The van der Waals surface area contributed by atoms with Gasteiger partial charge in [0.05, 0.1) is 0 Å². The largest absolute Gasteiger partial charge is 0.381 e. The highest BCUT2D eigenvalue weighted by molar-refractivity contribution is 4.77. The van der Waals surface area contributed by atoms with Crippen LogP contribution in [0.4, 0.5) is 0 Å². The Labute approximate surface area is 103 Å². The molecular formula is C11H23N5O. The Morgan fingerprint density at radius 1 is 1.29 bits per heavy atom. The molecule has 1 aliphatic rings. The third-order valence-corrected chi connectivity index (χ3v) is 3.03. The maximum absolute atomic E-state index is 8.35. The minimum Gasteiger partial charge on any atom is -0.381 e. The molecule has 6 heteroatoms. The van der Waals surface area contributed by atoms with E-state index in [0.717, 1.165) is 58.5 Å². The maximum Gasteiger partial charge on any atom is 0.0478 e. The lowest BCUT2D eigenvalue weighted by molar-refractivity contribution is 0.115. The highest BCUT2D eigenvalue weighted by Crippen LogP contribution is 2.13. The number of hydrogen-bond acceptors (Lipinski definition) is 4. The molecule has 0 amide bonds. The van der Waals surface area contributed by atoms with Crippen LogP contribution < -0.4 is 5.73 Å². The fraction of sp³-hybridized carbons (Fsp3) is 1.00. The maximum atomic E-state index is 8.35. The van der Waals surface area contributed by atoms with Gasteiger partial charge in [-0.2, -0.15) is 0 Å². The highest BCUT2D eigenvalue weighted by atomic mass is 16.5. The number of rotatable bonds is 8. The fourth-order valence-electron chi connectivity index (χ4n) is 2.01. The number of hydrogen-bond donors (Lipinski definition) is 1. The van der Waals surface area contributed by atoms with Gasteiger partial charge < -0.3 is 15.4 Å². The molecule has 0 bridgehead atoms. The van der Waals surface area contributed by atoms with Crippen LogP contribution in [0.5, 0.6) is 0 Å². The molecule has 1 aliphatic heterocycles. The quantitative estimate of drug-likeness (QED) is 0.302. The van der Waals surface area contributed by atoms with Gasteiger partial charge in [0.2, 0.25) is 0 Å². The molecular weight excluding hydrogens is 218 g/mol. The standard InChI is InChI=1S/C11H23N5O/c12-5-1-9-17-10-2-6-16-7-3-11(4-8-16)14-15-13/h11H,1-10,12H2. The van der Waals surface area contributed by atoms with Crippen molar-refractivity contribution < 1.29 is 4.74 Å². The Kier molecular flexibility index (Phi) is 7.75. The summed E-state index contributed by atoms with van der Waals surface area (Å²) in [4.78, 5) is 5.28. The normalized spacial score (nSPS) is 17.9. The highest BCUT2D eigenvalue weighted by Gasteiger charge is 2.17. The number of likely N-dealkylation sites (tertiary alicyclic amines) is 1. The van der Waals surface area contributed by atoms with Crippen molar-refractivity contribution in [3.8, 4) is 0 Å². The molecule has 0 spiro atoms. The Bertz CT molecular complexity index is 234. The van der Waals surface area contributed by atoms with Crippen molar-refractivity contribution in [3.63, 3.8) is 0 Å². The van der Waals surface area contributed by atoms with Gasteiger partial charge in [0.25, 0.3) is 0 Å². The van der Waals surface area contributed by atoms with Gasteiger partial charge in [0.1, 0.15) is 0 Å². The molecule has 0 aromatic carbocycles. The summed E-state index contributed by atoms with van der Waals surface area (Å²) in [6, 6.07) is 0.206. The first-order chi connectivity index (χ1) is 8.36. The SMILES string of the molecule is [N-]=[N+]=NC1CCN(CCCOCCCN)CC1. The fourth-order valence-corrected chi connectivity index (χ4v) is 2.01. The van der Waals surface area contributed by atoms with Crippen LogP contribution in [0.2, 0.25) is 0 Å². The molecule has 1 heterocycles. The molecule has 0 aromatic heterocycles. The predicted octanol–water partition coefficient (Wildman–Crippen LogP) is 1.52. The zero-order valence-electron chi connectivity index (χ0n) is 10.4. The summed E-state index contributed by atoms with van der Waals surface area (Å²) < 4.78 is 5.45. The van der Waals surface area contributed by atoms with Crippen molar-refractivity contribution in [1.29, 1.82) is 0 Å². The number of piperidine rings is 1. The van der Waals surface area contributed by atoms with Crippen molar-refractivity contribution in [2.75, 3.05) is 39.4 Å². The van der Waals surface area contributed by atoms with Crippen molar-refractivity contribution >= 4 is 0 Å². The van der Waals surface area contributed by atoms with Crippen molar-refractivity contribution in [3.05, 3.63) is 10.4 Å². The lowest BCUT2D eigenvalue weighted by Gasteiger charge is -2.29. The summed E-state index contributed by atoms with van der Waals surface area (Å²) in [6.07, 6.45) is 3.98. The molecule has 0 saturated carbocycles. The van der Waals surface area contributed by atoms with E-state index in [-0.39, 0.29) is 6.04 Å². The number of nitrogens with two attached hydrogens (primary N) is 1. The predicted molar refractivity (Wildman–Crippen MR) is 67.7 cm³/mol. The summed E-state index contributed by atoms with van der Waals surface area (Å²) >= 11 is 0. The summed E-state index contributed by atoms with van der Waals surface area (Å²) in [5.74, 6) is 0. The number of nitrogens with zero attached hydrogens (tertiary/aromatic N) is 4. The zero-order valence-corrected chi connectivity index (χ0v) is 10.4. The van der Waals surface area contributed by atoms with Crippen molar-refractivity contribution in [1.82, 2.24) is 4.90 Å². The van der Waals surface area contributed by atoms with Crippen molar-refractivity contribution in [2.24, 2.45) is 10.8 Å². The van der Waals surface area contributed by atoms with Gasteiger partial charge in [-0.25, -0.2) is 0 Å². The van der Waals surface area contributed by atoms with Gasteiger partial charge in [-0.15, -0.1) is 0 Å². The first-order valence-electron chi connectivity index (χ1n) is 6.41. The average Bonchev–Trinajstić information content (AvgIpc) is 2.36. The molecule has 0 radical (unpaired) electrons. The van der Waals surface area contributed by atoms with E-state index in [0.29, 0.717) is 6.54 Å². The molecule has 98 valence electrons. The van der Waals surface area contributed by atoms with Crippen LogP contribution in [0.3, 0.4) is 0 Å². The van der Waals surface area contributed by atoms with E-state index in [2.05, 4.69) is 14.9 Å². The molecule has 2 N–H and O–H groups in total. The Balaban J connectivity index is 1.97. The van der Waals surface area contributed by atoms with Crippen LogP contribution in [0.25, 0.3) is 10.4 Å². The summed E-state index contributed by atoms with van der Waals surface area (Å²) in [7, 11) is 0. The molecule has 1 rings (SSSR count). The van der Waals surface area contributed by atoms with E-state index >= 15 is 0 Å². The summed E-state index contributed by atoms with van der Waals surface area (Å²) in [6.45, 7) is 5.43. The zero-order chi connectivity index (χ0) is 12.3. The van der Waals surface area contributed by atoms with Gasteiger partial charge in [-0.05, 0) is 50.8 Å². The monoisotopic (exact) mass is 241 g/mol. The molecule has 1 fully saturated rings. The minimum absolute atomic E-state index is 0.206. The van der Waals surface area contributed by atoms with Crippen LogP contribution in [0.1, 0.15) is 25.7 Å². The van der Waals surface area contributed by atoms with Gasteiger partial charge in [0, 0.05) is 30.7 Å². The van der Waals surface area contributed by atoms with Gasteiger partial charge >= 0.3 is 0 Å². The van der Waals surface area contributed by atoms with E-state index in [1.165, 1.54) is 0 Å². The Hall–Kier alpha value is -0.810. The Morgan fingerprint density at radius 2 is 2.00 bits per heavy atom. The molecule has 0 unspecified atom stereocenters. The Morgan fingerprint density at radius 3 is 2.65 bits per heavy atom. The number of ether oxygens (including phenoxy) is 1. The van der Waals surface area contributed by atoms with E-state index in [1.54, 1.807) is 0 Å². The van der Waals surface area contributed by atoms with E-state index in [4.69, 9.17) is 16.0 Å². The molecule has 0 atom stereocenters. The van der Waals surface area contributed by atoms with Crippen LogP contribution >= 0.6 is 0 Å². The lowest BCUT2D eigenvalue weighted by atomic mass is 10.1. The first-order valence-corrected chi connectivity index (χ1v) is 6.41. The van der Waals surface area contributed by atoms with Gasteiger partial charge in [-0.3, -0.25) is 0 Å². The average molecular weight is 241 g/mol. The smallest absolute Gasteiger partial charge is 0.0478 e. The summed E-state index contributed by atoms with van der Waals surface area (Å²) in [5, 5.41) is 3.77. The van der Waals surface area contributed by atoms with Crippen molar-refractivity contribution in [2.45, 2.75) is 31.7 Å². The van der Waals surface area contributed by atoms with Gasteiger partial charge in [-0.1, -0.05) is 5.11 Å². The molecule has 0 aromatic rings. The van der Waals surface area contributed by atoms with Crippen LogP contribution in [-0.2, 0) is 4.74 Å². The second-order valence-electron chi connectivity index (χ2n) is 4.39. The van der Waals surface area contributed by atoms with Crippen LogP contribution in [-0.4, -0.2) is 50.3 Å². The van der Waals surface area contributed by atoms with Crippen LogP contribution in [0, 0.1) is 0 Å². The van der Waals surface area contributed by atoms with E-state index < -0.39 is 0 Å². The topological polar surface area (TPSA) is 87.2 Å². The molecule has 1 saturated heterocycles. The van der Waals surface area contributed by atoms with Crippen LogP contribution in [0.15, 0.2) is 5.11 Å².